The Bertz CT molecular complexity index is 574. The first-order valence-corrected chi connectivity index (χ1v) is 11.8. The molecule has 1 aromatic rings. The Balaban J connectivity index is 2.77. The molecule has 0 radical (unpaired) electrons. The van der Waals surface area contributed by atoms with Crippen molar-refractivity contribution in [3.8, 4) is 0 Å². The van der Waals surface area contributed by atoms with Gasteiger partial charge in [0.1, 0.15) is 0 Å². The van der Waals surface area contributed by atoms with Gasteiger partial charge < -0.3 is 4.43 Å². The summed E-state index contributed by atoms with van der Waals surface area (Å²) in [7, 11) is -3.42. The topological polar surface area (TPSA) is 46.6 Å². The van der Waals surface area contributed by atoms with Crippen LogP contribution in [0.15, 0.2) is 24.3 Å². The van der Waals surface area contributed by atoms with Crippen molar-refractivity contribution in [3.05, 3.63) is 29.8 Å². The van der Waals surface area contributed by atoms with Crippen molar-refractivity contribution in [3.63, 3.8) is 0 Å². The van der Waals surface area contributed by atoms with Crippen LogP contribution in [0.3, 0.4) is 0 Å². The molecule has 0 N–H and O–H groups in total. The molecule has 0 saturated carbocycles. The molecule has 0 saturated heterocycles. The summed E-state index contributed by atoms with van der Waals surface area (Å²) in [4.78, 5) is 0. The minimum atomic E-state index is -3.21. The maximum Gasteiger partial charge on any atom is 0.231 e. The van der Waals surface area contributed by atoms with Gasteiger partial charge in [0, 0.05) is 7.05 Å². The van der Waals surface area contributed by atoms with Crippen LogP contribution in [0, 0.1) is 0 Å². The maximum absolute atomic E-state index is 11.5. The zero-order chi connectivity index (χ0) is 16.5. The van der Waals surface area contributed by atoms with Crippen LogP contribution >= 0.6 is 0 Å². The normalized spacial score (nSPS) is 13.3. The van der Waals surface area contributed by atoms with Crippen molar-refractivity contribution < 1.29 is 12.8 Å². The predicted octanol–water partition coefficient (Wildman–Crippen LogP) is 3.60. The quantitative estimate of drug-likeness (QED) is 0.775. The fraction of sp³-hybridized carbons (Fsp3) is 0.600. The third kappa shape index (κ3) is 4.83. The lowest BCUT2D eigenvalue weighted by molar-refractivity contribution is 0.276. The molecule has 1 aromatic carbocycles. The van der Waals surface area contributed by atoms with Crippen LogP contribution in [-0.4, -0.2) is 30.0 Å². The van der Waals surface area contributed by atoms with Gasteiger partial charge >= 0.3 is 0 Å². The average molecular weight is 330 g/mol. The van der Waals surface area contributed by atoms with Gasteiger partial charge in [-0.1, -0.05) is 32.9 Å². The van der Waals surface area contributed by atoms with Crippen molar-refractivity contribution in [2.45, 2.75) is 45.5 Å². The van der Waals surface area contributed by atoms with E-state index in [2.05, 4.69) is 33.9 Å². The Morgan fingerprint density at radius 3 is 2.00 bits per heavy atom. The second kappa shape index (κ2) is 6.10. The van der Waals surface area contributed by atoms with Crippen molar-refractivity contribution in [1.29, 1.82) is 0 Å². The first kappa shape index (κ1) is 18.2. The molecule has 0 atom stereocenters. The largest absolute Gasteiger partial charge is 0.413 e. The van der Waals surface area contributed by atoms with Gasteiger partial charge in [-0.15, -0.1) is 0 Å². The Hall–Kier alpha value is -0.853. The van der Waals surface area contributed by atoms with E-state index in [1.165, 1.54) is 10.6 Å². The summed E-state index contributed by atoms with van der Waals surface area (Å²) in [6, 6.07) is 7.46. The van der Waals surface area contributed by atoms with Crippen LogP contribution in [0.2, 0.25) is 18.1 Å². The van der Waals surface area contributed by atoms with Gasteiger partial charge in [-0.25, -0.2) is 8.42 Å². The SMILES string of the molecule is CN(c1ccc(CO[Si](C)(C)C(C)(C)C)cc1)S(C)(=O)=O. The van der Waals surface area contributed by atoms with Gasteiger partial charge in [-0.05, 0) is 35.8 Å². The molecule has 4 nitrogen and oxygen atoms in total. The molecule has 0 aromatic heterocycles. The van der Waals surface area contributed by atoms with Crippen molar-refractivity contribution in [2.75, 3.05) is 17.6 Å². The van der Waals surface area contributed by atoms with E-state index in [0.29, 0.717) is 12.3 Å². The molecule has 0 amide bonds. The molecule has 0 aliphatic carbocycles. The zero-order valence-corrected chi connectivity index (χ0v) is 15.9. The summed E-state index contributed by atoms with van der Waals surface area (Å²) < 4.78 is 30.4. The second-order valence-corrected chi connectivity index (χ2v) is 13.8. The van der Waals surface area contributed by atoms with E-state index in [0.717, 1.165) is 5.56 Å². The first-order valence-electron chi connectivity index (χ1n) is 7.01. The lowest BCUT2D eigenvalue weighted by Crippen LogP contribution is -2.40. The third-order valence-electron chi connectivity index (χ3n) is 4.20. The summed E-state index contributed by atoms with van der Waals surface area (Å²) in [5.74, 6) is 0. The first-order chi connectivity index (χ1) is 9.34. The molecular formula is C15H27NO3SSi. The smallest absolute Gasteiger partial charge is 0.231 e. The van der Waals surface area contributed by atoms with E-state index in [9.17, 15) is 8.42 Å². The Kier molecular flexibility index (Phi) is 5.29. The second-order valence-electron chi connectivity index (χ2n) is 6.95. The number of rotatable bonds is 5. The number of hydrogen-bond donors (Lipinski definition) is 0. The molecule has 0 fully saturated rings. The lowest BCUT2D eigenvalue weighted by Gasteiger charge is -2.36. The zero-order valence-electron chi connectivity index (χ0n) is 14.1. The number of hydrogen-bond acceptors (Lipinski definition) is 3. The van der Waals surface area contributed by atoms with E-state index in [1.54, 1.807) is 7.05 Å². The van der Waals surface area contributed by atoms with Crippen LogP contribution in [0.25, 0.3) is 0 Å². The standard InChI is InChI=1S/C15H27NO3SSi/c1-15(2,3)21(6,7)19-12-13-8-10-14(11-9-13)16(4)20(5,17)18/h8-11H,12H2,1-7H3. The van der Waals surface area contributed by atoms with E-state index < -0.39 is 18.3 Å². The number of benzene rings is 1. The average Bonchev–Trinajstić information content (AvgIpc) is 2.34. The fourth-order valence-corrected chi connectivity index (χ4v) is 2.94. The van der Waals surface area contributed by atoms with E-state index >= 15 is 0 Å². The molecule has 0 heterocycles. The van der Waals surface area contributed by atoms with Crippen LogP contribution in [0.1, 0.15) is 26.3 Å². The van der Waals surface area contributed by atoms with Crippen LogP contribution in [0.5, 0.6) is 0 Å². The van der Waals surface area contributed by atoms with Crippen LogP contribution in [-0.2, 0) is 21.1 Å². The van der Waals surface area contributed by atoms with Gasteiger partial charge in [-0.2, -0.15) is 0 Å². The molecule has 0 bridgehead atoms. The highest BCUT2D eigenvalue weighted by atomic mass is 32.2. The van der Waals surface area contributed by atoms with Gasteiger partial charge in [0.15, 0.2) is 8.32 Å². The number of anilines is 1. The van der Waals surface area contributed by atoms with E-state index in [-0.39, 0.29) is 5.04 Å². The maximum atomic E-state index is 11.5. The molecule has 0 aliphatic heterocycles. The summed E-state index contributed by atoms with van der Waals surface area (Å²) in [5, 5.41) is 0.184. The molecular weight excluding hydrogens is 302 g/mol. The summed E-state index contributed by atoms with van der Waals surface area (Å²) in [6.07, 6.45) is 1.20. The summed E-state index contributed by atoms with van der Waals surface area (Å²) in [5.41, 5.74) is 1.72. The van der Waals surface area contributed by atoms with Gasteiger partial charge in [0.2, 0.25) is 10.0 Å². The lowest BCUT2D eigenvalue weighted by atomic mass is 10.2. The Labute approximate surface area is 130 Å². The minimum absolute atomic E-state index is 0.184. The van der Waals surface area contributed by atoms with Crippen molar-refractivity contribution in [2.24, 2.45) is 0 Å². The predicted molar refractivity (Wildman–Crippen MR) is 91.7 cm³/mol. The highest BCUT2D eigenvalue weighted by molar-refractivity contribution is 7.92. The Morgan fingerprint density at radius 2 is 1.62 bits per heavy atom. The fourth-order valence-electron chi connectivity index (χ4n) is 1.47. The number of nitrogens with zero attached hydrogens (tertiary/aromatic N) is 1. The Morgan fingerprint density at radius 1 is 1.14 bits per heavy atom. The van der Waals surface area contributed by atoms with E-state index in [1.807, 2.05) is 24.3 Å². The molecule has 0 spiro atoms. The minimum Gasteiger partial charge on any atom is -0.413 e. The third-order valence-corrected chi connectivity index (χ3v) is 9.89. The van der Waals surface area contributed by atoms with Gasteiger partial charge in [0.05, 0.1) is 18.6 Å². The molecule has 0 aliphatic rings. The highest BCUT2D eigenvalue weighted by Gasteiger charge is 2.36. The van der Waals surface area contributed by atoms with E-state index in [4.69, 9.17) is 4.43 Å². The van der Waals surface area contributed by atoms with Crippen molar-refractivity contribution >= 4 is 24.0 Å². The summed E-state index contributed by atoms with van der Waals surface area (Å²) >= 11 is 0. The van der Waals surface area contributed by atoms with Gasteiger partial charge in [0.25, 0.3) is 0 Å². The van der Waals surface area contributed by atoms with Crippen LogP contribution < -0.4 is 4.31 Å². The molecule has 21 heavy (non-hydrogen) atoms. The van der Waals surface area contributed by atoms with Gasteiger partial charge in [-0.3, -0.25) is 4.31 Å². The van der Waals surface area contributed by atoms with Crippen molar-refractivity contribution in [1.82, 2.24) is 0 Å². The highest BCUT2D eigenvalue weighted by Crippen LogP contribution is 2.37. The monoisotopic (exact) mass is 329 g/mol. The van der Waals surface area contributed by atoms with Crippen LogP contribution in [0.4, 0.5) is 5.69 Å². The molecule has 120 valence electrons. The molecule has 1 rings (SSSR count). The number of sulfonamides is 1. The summed E-state index contributed by atoms with van der Waals surface area (Å²) in [6.45, 7) is 11.6. The molecule has 6 heteroatoms. The molecule has 0 unspecified atom stereocenters.